The monoisotopic (exact) mass is 293 g/mol. The molecule has 0 unspecified atom stereocenters. The number of rotatable bonds is 3. The van der Waals surface area contributed by atoms with E-state index in [2.05, 4.69) is 21.0 Å². The van der Waals surface area contributed by atoms with Crippen LogP contribution in [0.15, 0.2) is 5.38 Å². The van der Waals surface area contributed by atoms with E-state index >= 15 is 0 Å². The van der Waals surface area contributed by atoms with Gasteiger partial charge in [-0.15, -0.1) is 11.3 Å². The fraction of sp³-hybridized carbons (Fsp3) is 0.733. The molecule has 0 aromatic carbocycles. The third-order valence-electron chi connectivity index (χ3n) is 4.40. The highest BCUT2D eigenvalue weighted by atomic mass is 32.1. The highest BCUT2D eigenvalue weighted by molar-refractivity contribution is 7.13. The first kappa shape index (κ1) is 14.0. The lowest BCUT2D eigenvalue weighted by Gasteiger charge is -2.22. The molecule has 1 aliphatic carbocycles. The van der Waals surface area contributed by atoms with Crippen molar-refractivity contribution in [2.45, 2.75) is 63.3 Å². The smallest absolute Gasteiger partial charge is 0.243 e. The van der Waals surface area contributed by atoms with Gasteiger partial charge in [-0.1, -0.05) is 25.7 Å². The van der Waals surface area contributed by atoms with Gasteiger partial charge < -0.3 is 10.6 Å². The minimum Gasteiger partial charge on any atom is -0.306 e. The zero-order valence-electron chi connectivity index (χ0n) is 11.9. The lowest BCUT2D eigenvalue weighted by Crippen LogP contribution is -2.43. The van der Waals surface area contributed by atoms with Crippen LogP contribution < -0.4 is 10.6 Å². The Morgan fingerprint density at radius 1 is 1.20 bits per heavy atom. The van der Waals surface area contributed by atoms with E-state index in [1.807, 2.05) is 0 Å². The summed E-state index contributed by atoms with van der Waals surface area (Å²) >= 11 is 1.56. The molecule has 1 aliphatic heterocycles. The van der Waals surface area contributed by atoms with E-state index < -0.39 is 0 Å². The number of amides is 1. The first-order valence-electron chi connectivity index (χ1n) is 7.82. The number of thiazole rings is 1. The summed E-state index contributed by atoms with van der Waals surface area (Å²) in [6, 6.07) is -0.0363. The van der Waals surface area contributed by atoms with Crippen molar-refractivity contribution in [1.29, 1.82) is 0 Å². The molecule has 5 heteroatoms. The molecule has 2 aliphatic rings. The van der Waals surface area contributed by atoms with Crippen molar-refractivity contribution in [3.63, 3.8) is 0 Å². The van der Waals surface area contributed by atoms with E-state index in [1.54, 1.807) is 11.3 Å². The summed E-state index contributed by atoms with van der Waals surface area (Å²) in [5, 5.41) is 9.14. The van der Waals surface area contributed by atoms with Crippen LogP contribution in [0.3, 0.4) is 0 Å². The molecule has 2 heterocycles. The molecule has 20 heavy (non-hydrogen) atoms. The molecule has 0 radical (unpaired) electrons. The van der Waals surface area contributed by atoms with Crippen molar-refractivity contribution in [1.82, 2.24) is 10.3 Å². The van der Waals surface area contributed by atoms with Crippen LogP contribution in [0.25, 0.3) is 0 Å². The van der Waals surface area contributed by atoms with Gasteiger partial charge in [0.05, 0.1) is 11.7 Å². The van der Waals surface area contributed by atoms with Gasteiger partial charge in [0.2, 0.25) is 5.91 Å². The molecule has 4 nitrogen and oxygen atoms in total. The van der Waals surface area contributed by atoms with Gasteiger partial charge in [0, 0.05) is 11.3 Å². The van der Waals surface area contributed by atoms with Crippen molar-refractivity contribution in [3.8, 4) is 0 Å². The summed E-state index contributed by atoms with van der Waals surface area (Å²) in [7, 11) is 0. The second-order valence-electron chi connectivity index (χ2n) is 5.90. The maximum atomic E-state index is 12.1. The number of aromatic nitrogens is 1. The van der Waals surface area contributed by atoms with E-state index in [0.29, 0.717) is 5.92 Å². The average molecular weight is 293 g/mol. The van der Waals surface area contributed by atoms with E-state index in [9.17, 15) is 4.79 Å². The third kappa shape index (κ3) is 3.38. The van der Waals surface area contributed by atoms with Crippen LogP contribution in [0.1, 0.15) is 63.0 Å². The topological polar surface area (TPSA) is 54.0 Å². The number of anilines is 1. The lowest BCUT2D eigenvalue weighted by molar-refractivity contribution is -0.118. The number of carbonyl (C=O) groups is 1. The average Bonchev–Trinajstić information content (AvgIpc) is 2.97. The molecule has 1 aromatic heterocycles. The quantitative estimate of drug-likeness (QED) is 0.899. The summed E-state index contributed by atoms with van der Waals surface area (Å²) in [4.78, 5) is 16.8. The second-order valence-corrected chi connectivity index (χ2v) is 6.76. The number of hydrogen-bond acceptors (Lipinski definition) is 4. The molecular weight excluding hydrogens is 270 g/mol. The largest absolute Gasteiger partial charge is 0.306 e. The zero-order chi connectivity index (χ0) is 13.8. The first-order valence-corrected chi connectivity index (χ1v) is 8.70. The molecule has 1 aromatic rings. The van der Waals surface area contributed by atoms with Crippen LogP contribution in [-0.4, -0.2) is 23.5 Å². The maximum Gasteiger partial charge on any atom is 0.243 e. The fourth-order valence-corrected chi connectivity index (χ4v) is 3.99. The Hall–Kier alpha value is -0.940. The molecule has 0 bridgehead atoms. The Morgan fingerprint density at radius 2 is 2.00 bits per heavy atom. The molecule has 3 rings (SSSR count). The van der Waals surface area contributed by atoms with Crippen LogP contribution in [-0.2, 0) is 4.79 Å². The molecule has 1 amide bonds. The summed E-state index contributed by atoms with van der Waals surface area (Å²) < 4.78 is 0. The van der Waals surface area contributed by atoms with Gasteiger partial charge in [-0.25, -0.2) is 4.98 Å². The van der Waals surface area contributed by atoms with Crippen molar-refractivity contribution < 1.29 is 4.79 Å². The van der Waals surface area contributed by atoms with Gasteiger partial charge >= 0.3 is 0 Å². The van der Waals surface area contributed by atoms with E-state index in [0.717, 1.165) is 24.5 Å². The van der Waals surface area contributed by atoms with Gasteiger partial charge in [-0.3, -0.25) is 4.79 Å². The van der Waals surface area contributed by atoms with Crippen LogP contribution >= 0.6 is 11.3 Å². The fourth-order valence-electron chi connectivity index (χ4n) is 3.20. The van der Waals surface area contributed by atoms with Crippen LogP contribution in [0, 0.1) is 0 Å². The Balaban J connectivity index is 1.57. The summed E-state index contributed by atoms with van der Waals surface area (Å²) in [6.45, 7) is 0.948. The SMILES string of the molecule is O=C(Nc1nc(C2CCCCC2)cs1)[C@@H]1CCCCN1. The van der Waals surface area contributed by atoms with Crippen LogP contribution in [0.2, 0.25) is 0 Å². The molecular formula is C15H23N3OS. The molecule has 1 saturated heterocycles. The van der Waals surface area contributed by atoms with Crippen molar-refractivity contribution >= 4 is 22.4 Å². The highest BCUT2D eigenvalue weighted by Gasteiger charge is 2.22. The summed E-state index contributed by atoms with van der Waals surface area (Å²) in [5.74, 6) is 0.688. The second kappa shape index (κ2) is 6.68. The summed E-state index contributed by atoms with van der Waals surface area (Å²) in [6.07, 6.45) is 9.74. The lowest BCUT2D eigenvalue weighted by atomic mass is 9.87. The number of hydrogen-bond donors (Lipinski definition) is 2. The molecule has 1 saturated carbocycles. The highest BCUT2D eigenvalue weighted by Crippen LogP contribution is 2.34. The predicted octanol–water partition coefficient (Wildman–Crippen LogP) is 3.27. The number of nitrogens with zero attached hydrogens (tertiary/aromatic N) is 1. The minimum atomic E-state index is -0.0363. The van der Waals surface area contributed by atoms with Gasteiger partial charge in [0.15, 0.2) is 5.13 Å². The molecule has 1 atom stereocenters. The van der Waals surface area contributed by atoms with Gasteiger partial charge in [-0.2, -0.15) is 0 Å². The molecule has 110 valence electrons. The minimum absolute atomic E-state index is 0.0363. The summed E-state index contributed by atoms with van der Waals surface area (Å²) in [5.41, 5.74) is 1.18. The molecule has 2 N–H and O–H groups in total. The van der Waals surface area contributed by atoms with Crippen LogP contribution in [0.5, 0.6) is 0 Å². The van der Waals surface area contributed by atoms with Gasteiger partial charge in [-0.05, 0) is 32.2 Å². The molecule has 2 fully saturated rings. The van der Waals surface area contributed by atoms with Crippen molar-refractivity contribution in [2.24, 2.45) is 0 Å². The van der Waals surface area contributed by atoms with Gasteiger partial charge in [0.1, 0.15) is 0 Å². The van der Waals surface area contributed by atoms with Crippen molar-refractivity contribution in [2.75, 3.05) is 11.9 Å². The Kier molecular flexibility index (Phi) is 4.68. The third-order valence-corrected chi connectivity index (χ3v) is 5.18. The first-order chi connectivity index (χ1) is 9.83. The Labute approximate surface area is 124 Å². The Bertz CT molecular complexity index is 448. The predicted molar refractivity (Wildman–Crippen MR) is 82.2 cm³/mol. The van der Waals surface area contributed by atoms with E-state index in [1.165, 1.54) is 44.2 Å². The van der Waals surface area contributed by atoms with Crippen molar-refractivity contribution in [3.05, 3.63) is 11.1 Å². The Morgan fingerprint density at radius 3 is 2.75 bits per heavy atom. The number of piperidine rings is 1. The normalized spacial score (nSPS) is 24.5. The molecule has 0 spiro atoms. The van der Waals surface area contributed by atoms with E-state index in [-0.39, 0.29) is 11.9 Å². The van der Waals surface area contributed by atoms with Gasteiger partial charge in [0.25, 0.3) is 0 Å². The number of carbonyl (C=O) groups excluding carboxylic acids is 1. The standard InChI is InChI=1S/C15H23N3OS/c19-14(12-8-4-5-9-16-12)18-15-17-13(10-20-15)11-6-2-1-3-7-11/h10-12,16H,1-9H2,(H,17,18,19)/t12-/m0/s1. The van der Waals surface area contributed by atoms with Crippen LogP contribution in [0.4, 0.5) is 5.13 Å². The zero-order valence-corrected chi connectivity index (χ0v) is 12.7. The maximum absolute atomic E-state index is 12.1. The number of nitrogens with one attached hydrogen (secondary N) is 2. The van der Waals surface area contributed by atoms with E-state index in [4.69, 9.17) is 0 Å².